The Hall–Kier alpha value is -2.74. The van der Waals surface area contributed by atoms with Crippen molar-refractivity contribution in [2.75, 3.05) is 19.8 Å². The molecular weight excluding hydrogens is 425 g/mol. The van der Waals surface area contributed by atoms with Crippen LogP contribution < -0.4 is 5.32 Å². The summed E-state index contributed by atoms with van der Waals surface area (Å²) in [5.41, 5.74) is 2.11. The minimum Gasteiger partial charge on any atom is -0.478 e. The third kappa shape index (κ3) is 4.67. The average molecular weight is 458 g/mol. The lowest BCUT2D eigenvalue weighted by molar-refractivity contribution is 0.0160. The van der Waals surface area contributed by atoms with Crippen LogP contribution in [0.15, 0.2) is 18.2 Å². The smallest absolute Gasteiger partial charge is 0.338 e. The summed E-state index contributed by atoms with van der Waals surface area (Å²) in [7, 11) is 0. The van der Waals surface area contributed by atoms with Gasteiger partial charge in [-0.3, -0.25) is 9.48 Å². The van der Waals surface area contributed by atoms with Crippen LogP contribution in [0.3, 0.4) is 0 Å². The van der Waals surface area contributed by atoms with Gasteiger partial charge in [-0.15, -0.1) is 0 Å². The molecule has 2 aliphatic rings. The molecule has 0 unspecified atom stereocenters. The van der Waals surface area contributed by atoms with E-state index in [1.165, 1.54) is 6.07 Å². The van der Waals surface area contributed by atoms with Gasteiger partial charge in [-0.1, -0.05) is 26.0 Å². The number of fused-ring (bicyclic) bond motifs is 1. The van der Waals surface area contributed by atoms with Crippen molar-refractivity contribution >= 4 is 11.9 Å². The Morgan fingerprint density at radius 1 is 1.30 bits per heavy atom. The van der Waals surface area contributed by atoms with E-state index in [0.717, 1.165) is 30.5 Å². The lowest BCUT2D eigenvalue weighted by atomic mass is 9.74. The predicted molar refractivity (Wildman–Crippen MR) is 121 cm³/mol. The number of aryl methyl sites for hydroxylation is 1. The summed E-state index contributed by atoms with van der Waals surface area (Å²) in [6, 6.07) is 4.50. The standard InChI is InChI=1S/C25H32FN3O4/c1-4-29-21-18(13-25(15-27-22(21)30)8-10-33-11-9-25)19(28-29)14-24(2,3)12-16-6-5-7-17(20(16)26)23(31)32/h5-7H,4,8-15H2,1-3H3,(H,27,30)(H,31,32). The highest BCUT2D eigenvalue weighted by Crippen LogP contribution is 2.39. The van der Waals surface area contributed by atoms with Gasteiger partial charge in [0.15, 0.2) is 0 Å². The normalized spacial score (nSPS) is 18.0. The average Bonchev–Trinajstić information content (AvgIpc) is 3.02. The van der Waals surface area contributed by atoms with Crippen LogP contribution in [-0.4, -0.2) is 46.5 Å². The molecule has 0 bridgehead atoms. The van der Waals surface area contributed by atoms with Crippen molar-refractivity contribution in [1.82, 2.24) is 15.1 Å². The SMILES string of the molecule is CCn1nc(CC(C)(C)Cc2cccc(C(=O)O)c2F)c2c1C(=O)NCC1(CCOCC1)C2. The second-order valence-electron chi connectivity index (χ2n) is 10.2. The zero-order valence-corrected chi connectivity index (χ0v) is 19.5. The molecular formula is C25H32FN3O4. The summed E-state index contributed by atoms with van der Waals surface area (Å²) < 4.78 is 22.2. The quantitative estimate of drug-likeness (QED) is 0.691. The van der Waals surface area contributed by atoms with Crippen LogP contribution in [0.25, 0.3) is 0 Å². The van der Waals surface area contributed by atoms with Crippen LogP contribution in [0.5, 0.6) is 0 Å². The van der Waals surface area contributed by atoms with Crippen LogP contribution in [0.1, 0.15) is 71.3 Å². The number of carboxylic acid groups (broad SMARTS) is 1. The molecule has 4 rings (SSSR count). The number of benzene rings is 1. The molecule has 0 radical (unpaired) electrons. The van der Waals surface area contributed by atoms with Gasteiger partial charge < -0.3 is 15.2 Å². The van der Waals surface area contributed by atoms with E-state index in [2.05, 4.69) is 5.32 Å². The summed E-state index contributed by atoms with van der Waals surface area (Å²) in [6.45, 7) is 8.61. The maximum Gasteiger partial charge on any atom is 0.338 e. The molecule has 3 heterocycles. The van der Waals surface area contributed by atoms with E-state index in [1.54, 1.807) is 16.8 Å². The third-order valence-electron chi connectivity index (χ3n) is 7.00. The summed E-state index contributed by atoms with van der Waals surface area (Å²) in [5.74, 6) is -2.05. The van der Waals surface area contributed by atoms with Crippen LogP contribution in [0, 0.1) is 16.6 Å². The first-order chi connectivity index (χ1) is 15.6. The van der Waals surface area contributed by atoms with Crippen molar-refractivity contribution in [3.05, 3.63) is 52.1 Å². The third-order valence-corrected chi connectivity index (χ3v) is 7.00. The minimum absolute atomic E-state index is 0.0401. The zero-order chi connectivity index (χ0) is 23.8. The van der Waals surface area contributed by atoms with Gasteiger partial charge >= 0.3 is 5.97 Å². The van der Waals surface area contributed by atoms with Crippen molar-refractivity contribution < 1.29 is 23.8 Å². The van der Waals surface area contributed by atoms with E-state index in [0.29, 0.717) is 50.4 Å². The van der Waals surface area contributed by atoms with Crippen LogP contribution >= 0.6 is 0 Å². The second-order valence-corrected chi connectivity index (χ2v) is 10.2. The molecule has 1 saturated heterocycles. The van der Waals surface area contributed by atoms with Gasteiger partial charge in [0.2, 0.25) is 0 Å². The van der Waals surface area contributed by atoms with E-state index in [9.17, 15) is 19.1 Å². The summed E-state index contributed by atoms with van der Waals surface area (Å²) in [4.78, 5) is 24.4. The highest BCUT2D eigenvalue weighted by atomic mass is 19.1. The number of nitrogens with zero attached hydrogens (tertiary/aromatic N) is 2. The van der Waals surface area contributed by atoms with Gasteiger partial charge in [-0.25, -0.2) is 9.18 Å². The van der Waals surface area contributed by atoms with Crippen LogP contribution in [0.4, 0.5) is 4.39 Å². The molecule has 1 fully saturated rings. The molecule has 0 atom stereocenters. The molecule has 178 valence electrons. The van der Waals surface area contributed by atoms with E-state index in [-0.39, 0.29) is 16.9 Å². The van der Waals surface area contributed by atoms with E-state index in [4.69, 9.17) is 9.84 Å². The van der Waals surface area contributed by atoms with Gasteiger partial charge in [-0.05, 0) is 61.5 Å². The monoisotopic (exact) mass is 457 g/mol. The van der Waals surface area contributed by atoms with Crippen molar-refractivity contribution in [2.24, 2.45) is 10.8 Å². The lowest BCUT2D eigenvalue weighted by Crippen LogP contribution is -2.40. The van der Waals surface area contributed by atoms with Crippen molar-refractivity contribution in [2.45, 2.75) is 59.4 Å². The summed E-state index contributed by atoms with van der Waals surface area (Å²) in [6.07, 6.45) is 3.45. The Morgan fingerprint density at radius 3 is 2.70 bits per heavy atom. The number of hydrogen-bond acceptors (Lipinski definition) is 4. The highest BCUT2D eigenvalue weighted by molar-refractivity contribution is 5.94. The Balaban J connectivity index is 1.67. The van der Waals surface area contributed by atoms with E-state index < -0.39 is 17.2 Å². The maximum absolute atomic E-state index is 14.8. The molecule has 0 saturated carbocycles. The molecule has 7 nitrogen and oxygen atoms in total. The van der Waals surface area contributed by atoms with Crippen molar-refractivity contribution in [1.29, 1.82) is 0 Å². The maximum atomic E-state index is 14.8. The number of rotatable bonds is 6. The molecule has 0 aliphatic carbocycles. The second kappa shape index (κ2) is 8.89. The summed E-state index contributed by atoms with van der Waals surface area (Å²) in [5, 5.41) is 17.2. The number of carbonyl (C=O) groups excluding carboxylic acids is 1. The number of amides is 1. The number of carboxylic acids is 1. The topological polar surface area (TPSA) is 93.5 Å². The largest absolute Gasteiger partial charge is 0.478 e. The first-order valence-electron chi connectivity index (χ1n) is 11.6. The zero-order valence-electron chi connectivity index (χ0n) is 19.5. The number of aromatic nitrogens is 2. The Morgan fingerprint density at radius 2 is 2.03 bits per heavy atom. The number of aromatic carboxylic acids is 1. The molecule has 1 aromatic carbocycles. The fourth-order valence-electron chi connectivity index (χ4n) is 5.22. The molecule has 8 heteroatoms. The summed E-state index contributed by atoms with van der Waals surface area (Å²) >= 11 is 0. The lowest BCUT2D eigenvalue weighted by Gasteiger charge is -2.36. The van der Waals surface area contributed by atoms with Crippen molar-refractivity contribution in [3.8, 4) is 0 Å². The number of hydrogen-bond donors (Lipinski definition) is 2. The van der Waals surface area contributed by atoms with Crippen molar-refractivity contribution in [3.63, 3.8) is 0 Å². The molecule has 33 heavy (non-hydrogen) atoms. The number of carbonyl (C=O) groups is 2. The Kier molecular flexibility index (Phi) is 6.31. The molecule has 1 amide bonds. The fourth-order valence-corrected chi connectivity index (χ4v) is 5.22. The number of nitrogens with one attached hydrogen (secondary N) is 1. The van der Waals surface area contributed by atoms with Gasteiger partial charge in [-0.2, -0.15) is 5.10 Å². The molecule has 2 aromatic rings. The highest BCUT2D eigenvalue weighted by Gasteiger charge is 2.40. The fraction of sp³-hybridized carbons (Fsp3) is 0.560. The molecule has 2 aliphatic heterocycles. The van der Waals surface area contributed by atoms with Crippen LogP contribution in [-0.2, 0) is 30.5 Å². The van der Waals surface area contributed by atoms with E-state index in [1.807, 2.05) is 20.8 Å². The Labute approximate surface area is 193 Å². The van der Waals surface area contributed by atoms with E-state index >= 15 is 0 Å². The number of ether oxygens (including phenoxy) is 1. The minimum atomic E-state index is -1.27. The first kappa shape index (κ1) is 23.4. The Bertz CT molecular complexity index is 1070. The van der Waals surface area contributed by atoms with Gasteiger partial charge in [0, 0.05) is 31.9 Å². The predicted octanol–water partition coefficient (Wildman–Crippen LogP) is 3.63. The van der Waals surface area contributed by atoms with Gasteiger partial charge in [0.1, 0.15) is 11.5 Å². The van der Waals surface area contributed by atoms with Crippen LogP contribution in [0.2, 0.25) is 0 Å². The number of halogens is 1. The van der Waals surface area contributed by atoms with Gasteiger partial charge in [0.25, 0.3) is 5.91 Å². The molecule has 1 spiro atoms. The van der Waals surface area contributed by atoms with Gasteiger partial charge in [0.05, 0.1) is 11.3 Å². The first-order valence-corrected chi connectivity index (χ1v) is 11.6. The molecule has 2 N–H and O–H groups in total. The molecule has 1 aromatic heterocycles.